The van der Waals surface area contributed by atoms with Crippen molar-refractivity contribution in [3.63, 3.8) is 0 Å². The molecule has 1 atom stereocenters. The van der Waals surface area contributed by atoms with Gasteiger partial charge in [0.15, 0.2) is 11.5 Å². The minimum Gasteiger partial charge on any atom is -0.493 e. The molecule has 1 N–H and O–H groups in total. The van der Waals surface area contributed by atoms with Gasteiger partial charge in [0.1, 0.15) is 13.2 Å². The molecule has 0 bridgehead atoms. The minimum atomic E-state index is -0.141. The lowest BCUT2D eigenvalue weighted by atomic mass is 10.0. The molecular weight excluding hydrogens is 308 g/mol. The van der Waals surface area contributed by atoms with E-state index in [2.05, 4.69) is 23.3 Å². The average Bonchev–Trinajstić information content (AvgIpc) is 2.61. The predicted molar refractivity (Wildman–Crippen MR) is 91.1 cm³/mol. The summed E-state index contributed by atoms with van der Waals surface area (Å²) in [5.74, 6) is 1.49. The smallest absolute Gasteiger partial charge is 0.252 e. The third-order valence-corrected chi connectivity index (χ3v) is 4.44. The number of amides is 1. The summed E-state index contributed by atoms with van der Waals surface area (Å²) in [5.41, 5.74) is 1.78. The van der Waals surface area contributed by atoms with E-state index in [9.17, 15) is 4.79 Å². The van der Waals surface area contributed by atoms with Gasteiger partial charge in [0.25, 0.3) is 5.91 Å². The maximum Gasteiger partial charge on any atom is 0.252 e. The molecule has 1 aromatic rings. The first-order chi connectivity index (χ1) is 11.6. The van der Waals surface area contributed by atoms with Crippen LogP contribution in [0.15, 0.2) is 23.8 Å². The van der Waals surface area contributed by atoms with Gasteiger partial charge in [0, 0.05) is 24.7 Å². The highest BCUT2D eigenvalue weighted by Crippen LogP contribution is 2.40. The van der Waals surface area contributed by atoms with Crippen molar-refractivity contribution in [2.75, 3.05) is 40.5 Å². The molecule has 2 aliphatic rings. The summed E-state index contributed by atoms with van der Waals surface area (Å²) in [4.78, 5) is 14.9. The molecule has 6 heteroatoms. The number of hydrogen-bond donors (Lipinski definition) is 1. The first-order valence-corrected chi connectivity index (χ1v) is 8.24. The molecular formula is C18H24N2O4. The summed E-state index contributed by atoms with van der Waals surface area (Å²) in [6.07, 6.45) is 3.17. The van der Waals surface area contributed by atoms with Crippen molar-refractivity contribution in [2.24, 2.45) is 0 Å². The van der Waals surface area contributed by atoms with Crippen LogP contribution in [0.1, 0.15) is 23.7 Å². The second-order valence-corrected chi connectivity index (χ2v) is 6.19. The number of rotatable bonds is 4. The third kappa shape index (κ3) is 3.48. The Bertz CT molecular complexity index is 639. The van der Waals surface area contributed by atoms with Crippen LogP contribution in [0, 0.1) is 0 Å². The Balaban J connectivity index is 1.75. The van der Waals surface area contributed by atoms with Crippen LogP contribution in [-0.2, 0) is 0 Å². The van der Waals surface area contributed by atoms with E-state index in [1.54, 1.807) is 19.2 Å². The monoisotopic (exact) mass is 332 g/mol. The largest absolute Gasteiger partial charge is 0.493 e. The Labute approximate surface area is 142 Å². The molecule has 0 saturated heterocycles. The number of methoxy groups -OCH3 is 1. The van der Waals surface area contributed by atoms with Crippen LogP contribution in [0.3, 0.4) is 0 Å². The summed E-state index contributed by atoms with van der Waals surface area (Å²) in [6, 6.07) is 3.41. The molecule has 130 valence electrons. The molecule has 24 heavy (non-hydrogen) atoms. The van der Waals surface area contributed by atoms with Gasteiger partial charge in [-0.3, -0.25) is 4.79 Å². The topological polar surface area (TPSA) is 60.0 Å². The summed E-state index contributed by atoms with van der Waals surface area (Å²) >= 11 is 0. The number of carbonyl (C=O) groups is 1. The Kier molecular flexibility index (Phi) is 4.94. The Morgan fingerprint density at radius 1 is 1.33 bits per heavy atom. The number of hydrogen-bond acceptors (Lipinski definition) is 5. The molecule has 0 spiro atoms. The zero-order valence-electron chi connectivity index (χ0n) is 14.4. The summed E-state index contributed by atoms with van der Waals surface area (Å²) < 4.78 is 16.5. The molecule has 0 fully saturated rings. The van der Waals surface area contributed by atoms with Gasteiger partial charge in [-0.1, -0.05) is 6.08 Å². The fourth-order valence-corrected chi connectivity index (χ4v) is 2.96. The van der Waals surface area contributed by atoms with E-state index >= 15 is 0 Å². The highest BCUT2D eigenvalue weighted by atomic mass is 16.6. The number of ether oxygens (including phenoxy) is 3. The number of fused-ring (bicyclic) bond motifs is 1. The van der Waals surface area contributed by atoms with Crippen molar-refractivity contribution in [1.82, 2.24) is 10.2 Å². The number of benzene rings is 1. The van der Waals surface area contributed by atoms with Crippen LogP contribution in [-0.4, -0.2) is 57.3 Å². The Morgan fingerprint density at radius 3 is 2.83 bits per heavy atom. The average molecular weight is 332 g/mol. The van der Waals surface area contributed by atoms with E-state index in [1.807, 2.05) is 6.92 Å². The number of nitrogens with zero attached hydrogens (tertiary/aromatic N) is 1. The van der Waals surface area contributed by atoms with Crippen molar-refractivity contribution in [2.45, 2.75) is 19.4 Å². The Hall–Kier alpha value is -2.21. The SMILES string of the molecule is COc1cc(C(=O)NC(C)C2=CCN(C)CC2)cc2c1OCCO2. The highest BCUT2D eigenvalue weighted by Gasteiger charge is 2.22. The van der Waals surface area contributed by atoms with Crippen LogP contribution < -0.4 is 19.5 Å². The van der Waals surface area contributed by atoms with E-state index in [1.165, 1.54) is 5.57 Å². The number of carbonyl (C=O) groups excluding carboxylic acids is 1. The van der Waals surface area contributed by atoms with E-state index in [0.29, 0.717) is 36.0 Å². The third-order valence-electron chi connectivity index (χ3n) is 4.44. The quantitative estimate of drug-likeness (QED) is 0.853. The second-order valence-electron chi connectivity index (χ2n) is 6.19. The van der Waals surface area contributed by atoms with E-state index in [-0.39, 0.29) is 11.9 Å². The molecule has 1 unspecified atom stereocenters. The summed E-state index contributed by atoms with van der Waals surface area (Å²) in [7, 11) is 3.65. The number of likely N-dealkylation sites (N-methyl/N-ethyl adjacent to an activating group) is 1. The molecule has 1 amide bonds. The van der Waals surface area contributed by atoms with Crippen LogP contribution in [0.4, 0.5) is 0 Å². The molecule has 6 nitrogen and oxygen atoms in total. The molecule has 2 heterocycles. The van der Waals surface area contributed by atoms with Crippen molar-refractivity contribution in [1.29, 1.82) is 0 Å². The fourth-order valence-electron chi connectivity index (χ4n) is 2.96. The van der Waals surface area contributed by atoms with Crippen LogP contribution in [0.25, 0.3) is 0 Å². The maximum atomic E-state index is 12.6. The lowest BCUT2D eigenvalue weighted by molar-refractivity contribution is 0.0942. The summed E-state index contributed by atoms with van der Waals surface area (Å²) in [6.45, 7) is 4.91. The van der Waals surface area contributed by atoms with Crippen LogP contribution in [0.5, 0.6) is 17.2 Å². The van der Waals surface area contributed by atoms with Gasteiger partial charge in [-0.2, -0.15) is 0 Å². The molecule has 3 rings (SSSR count). The van der Waals surface area contributed by atoms with Crippen molar-refractivity contribution in [3.8, 4) is 17.2 Å². The predicted octanol–water partition coefficient (Wildman–Crippen LogP) is 1.85. The lowest BCUT2D eigenvalue weighted by Gasteiger charge is -2.26. The summed E-state index contributed by atoms with van der Waals surface area (Å²) in [5, 5.41) is 3.06. The van der Waals surface area contributed by atoms with Crippen molar-refractivity contribution >= 4 is 5.91 Å². The van der Waals surface area contributed by atoms with Crippen LogP contribution >= 0.6 is 0 Å². The molecule has 0 aromatic heterocycles. The Morgan fingerprint density at radius 2 is 2.12 bits per heavy atom. The van der Waals surface area contributed by atoms with Gasteiger partial charge < -0.3 is 24.4 Å². The molecule has 2 aliphatic heterocycles. The van der Waals surface area contributed by atoms with Gasteiger partial charge in [0.2, 0.25) is 5.75 Å². The van der Waals surface area contributed by atoms with E-state index < -0.39 is 0 Å². The molecule has 1 aromatic carbocycles. The standard InChI is InChI=1S/C18H24N2O4/c1-12(13-4-6-20(2)7-5-13)19-18(21)14-10-15(22-3)17-16(11-14)23-8-9-24-17/h4,10-12H,5-9H2,1-3H3,(H,19,21). The molecule has 0 saturated carbocycles. The highest BCUT2D eigenvalue weighted by molar-refractivity contribution is 5.96. The normalized spacial score (nSPS) is 18.5. The second kappa shape index (κ2) is 7.13. The van der Waals surface area contributed by atoms with Gasteiger partial charge in [-0.05, 0) is 38.1 Å². The van der Waals surface area contributed by atoms with Crippen molar-refractivity contribution < 1.29 is 19.0 Å². The fraction of sp³-hybridized carbons (Fsp3) is 0.500. The van der Waals surface area contributed by atoms with Gasteiger partial charge >= 0.3 is 0 Å². The van der Waals surface area contributed by atoms with Crippen LogP contribution in [0.2, 0.25) is 0 Å². The zero-order valence-corrected chi connectivity index (χ0v) is 14.4. The lowest BCUT2D eigenvalue weighted by Crippen LogP contribution is -2.37. The van der Waals surface area contributed by atoms with Crippen molar-refractivity contribution in [3.05, 3.63) is 29.3 Å². The maximum absolute atomic E-state index is 12.6. The first-order valence-electron chi connectivity index (χ1n) is 8.24. The molecule has 0 aliphatic carbocycles. The number of nitrogens with one attached hydrogen (secondary N) is 1. The van der Waals surface area contributed by atoms with Gasteiger partial charge in [-0.25, -0.2) is 0 Å². The first kappa shape index (κ1) is 16.6. The zero-order chi connectivity index (χ0) is 17.1. The van der Waals surface area contributed by atoms with E-state index in [0.717, 1.165) is 19.5 Å². The van der Waals surface area contributed by atoms with Gasteiger partial charge in [0.05, 0.1) is 7.11 Å². The van der Waals surface area contributed by atoms with E-state index in [4.69, 9.17) is 14.2 Å². The minimum absolute atomic E-state index is 0.00500. The molecule has 0 radical (unpaired) electrons. The van der Waals surface area contributed by atoms with Gasteiger partial charge in [-0.15, -0.1) is 0 Å².